The number of carbonyl (C=O) groups excluding carboxylic acids is 2. The SMILES string of the molecule is C[C@H](Oc1ccc(C(N)=O)cc1)C(=O)c1ccc(F)cc1. The van der Waals surface area contributed by atoms with E-state index in [9.17, 15) is 14.0 Å². The fraction of sp³-hybridized carbons (Fsp3) is 0.125. The van der Waals surface area contributed by atoms with Gasteiger partial charge in [-0.25, -0.2) is 4.39 Å². The largest absolute Gasteiger partial charge is 0.483 e. The van der Waals surface area contributed by atoms with Crippen LogP contribution >= 0.6 is 0 Å². The summed E-state index contributed by atoms with van der Waals surface area (Å²) in [5.41, 5.74) is 5.87. The summed E-state index contributed by atoms with van der Waals surface area (Å²) in [4.78, 5) is 23.1. The molecule has 0 bridgehead atoms. The Morgan fingerprint density at radius 2 is 1.52 bits per heavy atom. The highest BCUT2D eigenvalue weighted by molar-refractivity contribution is 5.99. The van der Waals surface area contributed by atoms with Crippen molar-refractivity contribution in [3.05, 3.63) is 65.5 Å². The van der Waals surface area contributed by atoms with Crippen LogP contribution in [0.1, 0.15) is 27.6 Å². The Balaban J connectivity index is 2.06. The lowest BCUT2D eigenvalue weighted by molar-refractivity contribution is 0.0817. The molecule has 4 nitrogen and oxygen atoms in total. The van der Waals surface area contributed by atoms with E-state index in [4.69, 9.17) is 10.5 Å². The van der Waals surface area contributed by atoms with Crippen LogP contribution in [0, 0.1) is 5.82 Å². The molecule has 0 saturated heterocycles. The predicted octanol–water partition coefficient (Wildman–Crippen LogP) is 2.57. The third kappa shape index (κ3) is 3.66. The zero-order valence-electron chi connectivity index (χ0n) is 11.4. The van der Waals surface area contributed by atoms with Gasteiger partial charge in [0.05, 0.1) is 0 Å². The van der Waals surface area contributed by atoms with E-state index < -0.39 is 17.8 Å². The molecular weight excluding hydrogens is 273 g/mol. The summed E-state index contributed by atoms with van der Waals surface area (Å²) in [6, 6.07) is 11.4. The second-order valence-electron chi connectivity index (χ2n) is 4.52. The quantitative estimate of drug-likeness (QED) is 0.859. The lowest BCUT2D eigenvalue weighted by Crippen LogP contribution is -2.24. The van der Waals surface area contributed by atoms with Crippen molar-refractivity contribution in [1.82, 2.24) is 0 Å². The van der Waals surface area contributed by atoms with Crippen LogP contribution in [-0.2, 0) is 0 Å². The number of halogens is 1. The second-order valence-corrected chi connectivity index (χ2v) is 4.52. The number of primary amides is 1. The number of amides is 1. The molecule has 0 aliphatic rings. The van der Waals surface area contributed by atoms with Gasteiger partial charge in [-0.2, -0.15) is 0 Å². The summed E-state index contributed by atoms with van der Waals surface area (Å²) >= 11 is 0. The van der Waals surface area contributed by atoms with Gasteiger partial charge in [-0.1, -0.05) is 0 Å². The Labute approximate surface area is 121 Å². The summed E-state index contributed by atoms with van der Waals surface area (Å²) in [7, 11) is 0. The number of ketones is 1. The third-order valence-electron chi connectivity index (χ3n) is 2.95. The molecule has 0 saturated carbocycles. The first-order valence-corrected chi connectivity index (χ1v) is 6.33. The Morgan fingerprint density at radius 1 is 1.00 bits per heavy atom. The average molecular weight is 287 g/mol. The first-order chi connectivity index (χ1) is 9.97. The molecule has 1 atom stereocenters. The minimum Gasteiger partial charge on any atom is -0.483 e. The van der Waals surface area contributed by atoms with Crippen molar-refractivity contribution in [2.24, 2.45) is 5.73 Å². The van der Waals surface area contributed by atoms with Gasteiger partial charge in [-0.15, -0.1) is 0 Å². The maximum absolute atomic E-state index is 12.8. The van der Waals surface area contributed by atoms with Crippen LogP contribution in [0.5, 0.6) is 5.75 Å². The first kappa shape index (κ1) is 14.7. The highest BCUT2D eigenvalue weighted by Crippen LogP contribution is 2.16. The number of nitrogens with two attached hydrogens (primary N) is 1. The minimum atomic E-state index is -0.727. The standard InChI is InChI=1S/C16H14FNO3/c1-10(15(19)11-2-6-13(17)7-3-11)21-14-8-4-12(5-9-14)16(18)20/h2-10H,1H3,(H2,18,20)/t10-/m0/s1. The molecule has 0 aromatic heterocycles. The van der Waals surface area contributed by atoms with Crippen LogP contribution < -0.4 is 10.5 Å². The Morgan fingerprint density at radius 3 is 2.05 bits per heavy atom. The van der Waals surface area contributed by atoms with Gasteiger partial charge in [-0.3, -0.25) is 9.59 Å². The van der Waals surface area contributed by atoms with E-state index in [0.29, 0.717) is 16.9 Å². The van der Waals surface area contributed by atoms with E-state index in [2.05, 4.69) is 0 Å². The van der Waals surface area contributed by atoms with Gasteiger partial charge >= 0.3 is 0 Å². The molecule has 2 rings (SSSR count). The normalized spacial score (nSPS) is 11.7. The minimum absolute atomic E-state index is 0.256. The summed E-state index contributed by atoms with van der Waals surface area (Å²) in [5, 5.41) is 0. The molecular formula is C16H14FNO3. The molecule has 0 heterocycles. The van der Waals surface area contributed by atoms with Crippen molar-refractivity contribution < 1.29 is 18.7 Å². The van der Waals surface area contributed by atoms with Gasteiger partial charge in [0.2, 0.25) is 11.7 Å². The van der Waals surface area contributed by atoms with Crippen molar-refractivity contribution in [2.75, 3.05) is 0 Å². The molecule has 0 unspecified atom stereocenters. The maximum atomic E-state index is 12.8. The molecule has 1 amide bonds. The van der Waals surface area contributed by atoms with E-state index >= 15 is 0 Å². The average Bonchev–Trinajstić information content (AvgIpc) is 2.47. The fourth-order valence-electron chi connectivity index (χ4n) is 1.80. The molecule has 2 aromatic carbocycles. The number of benzene rings is 2. The topological polar surface area (TPSA) is 69.4 Å². The monoisotopic (exact) mass is 287 g/mol. The van der Waals surface area contributed by atoms with Gasteiger partial charge in [0.25, 0.3) is 0 Å². The number of rotatable bonds is 5. The van der Waals surface area contributed by atoms with Gasteiger partial charge in [-0.05, 0) is 55.5 Å². The Bertz CT molecular complexity index is 650. The summed E-state index contributed by atoms with van der Waals surface area (Å²) in [6.07, 6.45) is -0.727. The zero-order valence-corrected chi connectivity index (χ0v) is 11.4. The van der Waals surface area contributed by atoms with Crippen LogP contribution in [-0.4, -0.2) is 17.8 Å². The fourth-order valence-corrected chi connectivity index (χ4v) is 1.80. The molecule has 0 fully saturated rings. The molecule has 2 N–H and O–H groups in total. The van der Waals surface area contributed by atoms with Crippen LogP contribution in [0.4, 0.5) is 4.39 Å². The number of Topliss-reactive ketones (excluding diaryl/α,β-unsaturated/α-hetero) is 1. The summed E-state index contributed by atoms with van der Waals surface area (Å²) in [5.74, 6) is -0.740. The summed E-state index contributed by atoms with van der Waals surface area (Å²) < 4.78 is 18.3. The Hall–Kier alpha value is -2.69. The van der Waals surface area contributed by atoms with Gasteiger partial charge < -0.3 is 10.5 Å². The molecule has 21 heavy (non-hydrogen) atoms. The number of ether oxygens (including phenoxy) is 1. The lowest BCUT2D eigenvalue weighted by Gasteiger charge is -2.14. The van der Waals surface area contributed by atoms with E-state index in [-0.39, 0.29) is 5.78 Å². The Kier molecular flexibility index (Phi) is 4.33. The van der Waals surface area contributed by atoms with Gasteiger partial charge in [0, 0.05) is 11.1 Å². The smallest absolute Gasteiger partial charge is 0.248 e. The number of hydrogen-bond donors (Lipinski definition) is 1. The van der Waals surface area contributed by atoms with Crippen LogP contribution in [0.3, 0.4) is 0 Å². The molecule has 5 heteroatoms. The van der Waals surface area contributed by atoms with Crippen LogP contribution in [0.25, 0.3) is 0 Å². The van der Waals surface area contributed by atoms with Gasteiger partial charge in [0.1, 0.15) is 11.6 Å². The predicted molar refractivity (Wildman–Crippen MR) is 75.8 cm³/mol. The van der Waals surface area contributed by atoms with Crippen molar-refractivity contribution >= 4 is 11.7 Å². The van der Waals surface area contributed by atoms with Crippen molar-refractivity contribution in [3.8, 4) is 5.75 Å². The maximum Gasteiger partial charge on any atom is 0.248 e. The van der Waals surface area contributed by atoms with Gasteiger partial charge in [0.15, 0.2) is 6.10 Å². The number of carbonyl (C=O) groups is 2. The first-order valence-electron chi connectivity index (χ1n) is 6.33. The molecule has 0 spiro atoms. The number of hydrogen-bond acceptors (Lipinski definition) is 3. The molecule has 2 aromatic rings. The molecule has 108 valence electrons. The third-order valence-corrected chi connectivity index (χ3v) is 2.95. The van der Waals surface area contributed by atoms with E-state index in [0.717, 1.165) is 0 Å². The zero-order chi connectivity index (χ0) is 15.4. The summed E-state index contributed by atoms with van der Waals surface area (Å²) in [6.45, 7) is 1.60. The van der Waals surface area contributed by atoms with Crippen LogP contribution in [0.2, 0.25) is 0 Å². The van der Waals surface area contributed by atoms with E-state index in [1.807, 2.05) is 0 Å². The van der Waals surface area contributed by atoms with E-state index in [1.54, 1.807) is 19.1 Å². The van der Waals surface area contributed by atoms with Crippen molar-refractivity contribution in [3.63, 3.8) is 0 Å². The van der Waals surface area contributed by atoms with Crippen molar-refractivity contribution in [2.45, 2.75) is 13.0 Å². The van der Waals surface area contributed by atoms with Crippen LogP contribution in [0.15, 0.2) is 48.5 Å². The molecule has 0 aliphatic carbocycles. The van der Waals surface area contributed by atoms with E-state index in [1.165, 1.54) is 36.4 Å². The highest BCUT2D eigenvalue weighted by atomic mass is 19.1. The molecule has 0 aliphatic heterocycles. The van der Waals surface area contributed by atoms with Crippen molar-refractivity contribution in [1.29, 1.82) is 0 Å². The molecule has 0 radical (unpaired) electrons. The lowest BCUT2D eigenvalue weighted by atomic mass is 10.1. The second kappa shape index (κ2) is 6.17. The highest BCUT2D eigenvalue weighted by Gasteiger charge is 2.17.